The number of benzene rings is 2. The minimum atomic E-state index is -1.11. The number of carboxylic acids is 1. The van der Waals surface area contributed by atoms with E-state index in [4.69, 9.17) is 14.5 Å². The van der Waals surface area contributed by atoms with Crippen LogP contribution in [0.1, 0.15) is 75.4 Å². The molecule has 47 heavy (non-hydrogen) atoms. The van der Waals surface area contributed by atoms with Gasteiger partial charge in [-0.15, -0.1) is 0 Å². The lowest BCUT2D eigenvalue weighted by atomic mass is 9.72. The molecule has 9 nitrogen and oxygen atoms in total. The van der Waals surface area contributed by atoms with Gasteiger partial charge >= 0.3 is 5.97 Å². The van der Waals surface area contributed by atoms with E-state index in [2.05, 4.69) is 59.0 Å². The summed E-state index contributed by atoms with van der Waals surface area (Å²) in [5.41, 5.74) is 4.45. The van der Waals surface area contributed by atoms with E-state index in [-0.39, 0.29) is 11.3 Å². The van der Waals surface area contributed by atoms with Crippen LogP contribution in [0.25, 0.3) is 0 Å². The number of nitrogens with one attached hydrogen (secondary N) is 1. The van der Waals surface area contributed by atoms with Crippen LogP contribution in [0.3, 0.4) is 0 Å². The van der Waals surface area contributed by atoms with Crippen LogP contribution in [0.5, 0.6) is 5.75 Å². The molecular weight excluding hydrogens is 592 g/mol. The Morgan fingerprint density at radius 2 is 1.74 bits per heavy atom. The lowest BCUT2D eigenvalue weighted by Gasteiger charge is -2.36. The van der Waals surface area contributed by atoms with Crippen LogP contribution >= 0.6 is 0 Å². The Hall–Kier alpha value is -3.95. The van der Waals surface area contributed by atoms with E-state index in [9.17, 15) is 14.7 Å². The molecule has 1 amide bonds. The number of hydrogen-bond donors (Lipinski definition) is 2. The molecule has 0 aliphatic carbocycles. The van der Waals surface area contributed by atoms with Gasteiger partial charge in [-0.05, 0) is 39.7 Å². The van der Waals surface area contributed by atoms with Crippen molar-refractivity contribution in [2.24, 2.45) is 11.3 Å². The van der Waals surface area contributed by atoms with Gasteiger partial charge < -0.3 is 29.7 Å². The highest BCUT2D eigenvalue weighted by molar-refractivity contribution is 5.89. The van der Waals surface area contributed by atoms with Gasteiger partial charge in [0.25, 0.3) is 5.91 Å². The number of carbonyl (C=O) groups excluding carboxylic acids is 1. The van der Waals surface area contributed by atoms with Gasteiger partial charge in [0.2, 0.25) is 0 Å². The van der Waals surface area contributed by atoms with E-state index in [0.717, 1.165) is 28.0 Å². The highest BCUT2D eigenvalue weighted by Crippen LogP contribution is 2.50. The van der Waals surface area contributed by atoms with E-state index in [1.165, 1.54) is 5.56 Å². The van der Waals surface area contributed by atoms with Gasteiger partial charge in [-0.2, -0.15) is 0 Å². The summed E-state index contributed by atoms with van der Waals surface area (Å²) in [4.78, 5) is 36.4. The van der Waals surface area contributed by atoms with Crippen molar-refractivity contribution in [3.05, 3.63) is 88.6 Å². The molecular formula is C38H50N4O5. The molecule has 252 valence electrons. The predicted molar refractivity (Wildman–Crippen MR) is 184 cm³/mol. The number of rotatable bonds is 8. The fourth-order valence-corrected chi connectivity index (χ4v) is 7.35. The lowest BCUT2D eigenvalue weighted by molar-refractivity contribution is -0.159. The minimum absolute atomic E-state index is 0.0720. The second kappa shape index (κ2) is 13.3. The Labute approximate surface area is 279 Å². The fourth-order valence-electron chi connectivity index (χ4n) is 7.35. The van der Waals surface area contributed by atoms with Gasteiger partial charge in [0.05, 0.1) is 19.8 Å². The number of carbonyl (C=O) groups is 2. The van der Waals surface area contributed by atoms with Gasteiger partial charge in [0.15, 0.2) is 0 Å². The minimum Gasteiger partial charge on any atom is -0.496 e. The molecule has 0 bridgehead atoms. The monoisotopic (exact) mass is 642 g/mol. The third-order valence-electron chi connectivity index (χ3n) is 9.65. The fraction of sp³-hybridized carbons (Fsp3) is 0.500. The Morgan fingerprint density at radius 1 is 1.04 bits per heavy atom. The number of likely N-dealkylation sites (tertiary alicyclic amines) is 1. The van der Waals surface area contributed by atoms with Crippen molar-refractivity contribution in [1.82, 2.24) is 15.2 Å². The molecule has 0 unspecified atom stereocenters. The number of carboxylic acid groups (broad SMARTS) is 1. The van der Waals surface area contributed by atoms with E-state index in [1.807, 2.05) is 61.5 Å². The maximum Gasteiger partial charge on any atom is 0.326 e. The number of ether oxygens (including phenoxy) is 2. The van der Waals surface area contributed by atoms with Crippen LogP contribution < -0.4 is 15.0 Å². The molecule has 0 radical (unpaired) electrons. The summed E-state index contributed by atoms with van der Waals surface area (Å²) in [5.74, 6) is -0.387. The molecule has 5 atom stereocenters. The van der Waals surface area contributed by atoms with Crippen LogP contribution in [0.2, 0.25) is 0 Å². The molecule has 5 rings (SSSR count). The van der Waals surface area contributed by atoms with E-state index in [0.29, 0.717) is 25.4 Å². The quantitative estimate of drug-likeness (QED) is 0.320. The van der Waals surface area contributed by atoms with Crippen molar-refractivity contribution >= 4 is 17.7 Å². The first-order valence-corrected chi connectivity index (χ1v) is 16.4. The highest BCUT2D eigenvalue weighted by atomic mass is 16.5. The third kappa shape index (κ3) is 6.87. The number of hydrogen-bond acceptors (Lipinski definition) is 7. The van der Waals surface area contributed by atoms with Crippen LogP contribution in [-0.2, 0) is 39.3 Å². The molecule has 1 fully saturated rings. The first-order chi connectivity index (χ1) is 22.1. The number of fused-ring (bicyclic) bond motifs is 1. The van der Waals surface area contributed by atoms with Gasteiger partial charge in [0, 0.05) is 56.3 Å². The molecule has 3 heterocycles. The van der Waals surface area contributed by atoms with Crippen LogP contribution in [0.15, 0.2) is 60.8 Å². The average molecular weight is 643 g/mol. The summed E-state index contributed by atoms with van der Waals surface area (Å²) < 4.78 is 12.0. The maximum absolute atomic E-state index is 14.8. The standard InChI is InChI=1S/C38H50N4O5/c1-37(2,3)26-16-17-28(46-9)25(19-26)21-40-31-30(38(4,5)6)33(36(44)45)42(32(31)27-15-12-18-39-34(27)41(7)8)35(43)29-20-23-13-10-11-14-24(23)22-47-29/h10-19,29-33,40H,20-22H2,1-9H3,(H,44,45)/t29-,30-,31-,32-,33-/m0/s1. The summed E-state index contributed by atoms with van der Waals surface area (Å²) in [7, 11) is 5.48. The maximum atomic E-state index is 14.8. The summed E-state index contributed by atoms with van der Waals surface area (Å²) >= 11 is 0. The van der Waals surface area contributed by atoms with Crippen LogP contribution in [-0.4, -0.2) is 66.3 Å². The zero-order valence-electron chi connectivity index (χ0n) is 29.2. The zero-order chi connectivity index (χ0) is 34.3. The van der Waals surface area contributed by atoms with Crippen LogP contribution in [0, 0.1) is 11.3 Å². The van der Waals surface area contributed by atoms with Gasteiger partial charge in [-0.3, -0.25) is 4.79 Å². The Kier molecular flexibility index (Phi) is 9.71. The first kappa shape index (κ1) is 34.4. The highest BCUT2D eigenvalue weighted by Gasteiger charge is 2.59. The van der Waals surface area contributed by atoms with Crippen molar-refractivity contribution in [1.29, 1.82) is 0 Å². The molecule has 9 heteroatoms. The van der Waals surface area contributed by atoms with Crippen molar-refractivity contribution < 1.29 is 24.2 Å². The molecule has 2 aromatic carbocycles. The molecule has 2 aliphatic rings. The number of methoxy groups -OCH3 is 1. The normalized spacial score (nSPS) is 22.9. The van der Waals surface area contributed by atoms with E-state index >= 15 is 0 Å². The third-order valence-corrected chi connectivity index (χ3v) is 9.65. The van der Waals surface area contributed by atoms with Crippen molar-refractivity contribution in [3.63, 3.8) is 0 Å². The molecule has 3 aromatic rings. The summed E-state index contributed by atoms with van der Waals surface area (Å²) in [6.07, 6.45) is 1.30. The first-order valence-electron chi connectivity index (χ1n) is 16.4. The Bertz CT molecular complexity index is 1610. The number of amides is 1. The largest absolute Gasteiger partial charge is 0.496 e. The summed E-state index contributed by atoms with van der Waals surface area (Å²) in [6, 6.07) is 15.8. The second-order valence-corrected chi connectivity index (χ2v) is 15.1. The van der Waals surface area contributed by atoms with E-state index in [1.54, 1.807) is 18.2 Å². The number of nitrogens with zero attached hydrogens (tertiary/aromatic N) is 3. The number of aromatic nitrogens is 1. The van der Waals surface area contributed by atoms with Gasteiger partial charge in [-0.1, -0.05) is 84.0 Å². The molecule has 1 aromatic heterocycles. The van der Waals surface area contributed by atoms with Gasteiger partial charge in [0.1, 0.15) is 23.7 Å². The molecule has 1 saturated heterocycles. The van der Waals surface area contributed by atoms with Gasteiger partial charge in [-0.25, -0.2) is 9.78 Å². The van der Waals surface area contributed by atoms with E-state index < -0.39 is 41.5 Å². The zero-order valence-corrected chi connectivity index (χ0v) is 29.2. The number of pyridine rings is 1. The van der Waals surface area contributed by atoms with Crippen molar-refractivity contribution in [2.45, 2.75) is 90.8 Å². The summed E-state index contributed by atoms with van der Waals surface area (Å²) in [6.45, 7) is 13.4. The molecule has 0 spiro atoms. The van der Waals surface area contributed by atoms with Crippen LogP contribution in [0.4, 0.5) is 5.82 Å². The Morgan fingerprint density at radius 3 is 2.36 bits per heavy atom. The Balaban J connectivity index is 1.65. The SMILES string of the molecule is COc1ccc(C(C)(C)C)cc1CN[C@H]1[C@H](C(C)(C)C)[C@@H](C(=O)O)N(C(=O)[C@@H]2Cc3ccccc3CO2)[C@H]1c1cccnc1N(C)C. The average Bonchev–Trinajstić information content (AvgIpc) is 3.38. The predicted octanol–water partition coefficient (Wildman–Crippen LogP) is 5.75. The topological polar surface area (TPSA) is 104 Å². The summed E-state index contributed by atoms with van der Waals surface area (Å²) in [5, 5.41) is 14.8. The second-order valence-electron chi connectivity index (χ2n) is 15.1. The number of aliphatic carboxylic acids is 1. The smallest absolute Gasteiger partial charge is 0.326 e. The molecule has 2 N–H and O–H groups in total. The number of anilines is 1. The van der Waals surface area contributed by atoms with Crippen molar-refractivity contribution in [2.75, 3.05) is 26.1 Å². The molecule has 2 aliphatic heterocycles. The lowest BCUT2D eigenvalue weighted by Crippen LogP contribution is -2.51. The molecule has 0 saturated carbocycles. The van der Waals surface area contributed by atoms with Crippen molar-refractivity contribution in [3.8, 4) is 5.75 Å².